The van der Waals surface area contributed by atoms with Gasteiger partial charge in [0.2, 0.25) is 0 Å². The van der Waals surface area contributed by atoms with Crippen LogP contribution in [0.25, 0.3) is 0 Å². The Hall–Kier alpha value is -0.820. The summed E-state index contributed by atoms with van der Waals surface area (Å²) in [4.78, 5) is 0. The largest absolute Gasteiger partial charge is 0.388 e. The van der Waals surface area contributed by atoms with Gasteiger partial charge in [-0.1, -0.05) is 55.5 Å². The number of hydrogen-bond acceptors (Lipinski definition) is 1. The van der Waals surface area contributed by atoms with Crippen LogP contribution in [-0.2, 0) is 0 Å². The highest BCUT2D eigenvalue weighted by molar-refractivity contribution is 5.23. The van der Waals surface area contributed by atoms with Gasteiger partial charge in [0, 0.05) is 0 Å². The van der Waals surface area contributed by atoms with Crippen molar-refractivity contribution in [3.63, 3.8) is 0 Å². The fraction of sp³-hybridized carbons (Fsp3) is 0.600. The van der Waals surface area contributed by atoms with Crippen molar-refractivity contribution in [3.8, 4) is 0 Å². The highest BCUT2D eigenvalue weighted by Crippen LogP contribution is 2.31. The molecular formula is C15H22O. The van der Waals surface area contributed by atoms with Gasteiger partial charge in [-0.15, -0.1) is 0 Å². The van der Waals surface area contributed by atoms with Gasteiger partial charge in [0.05, 0.1) is 6.10 Å². The van der Waals surface area contributed by atoms with E-state index >= 15 is 0 Å². The van der Waals surface area contributed by atoms with Gasteiger partial charge >= 0.3 is 0 Å². The van der Waals surface area contributed by atoms with Gasteiger partial charge in [-0.25, -0.2) is 0 Å². The molecule has 0 aromatic heterocycles. The van der Waals surface area contributed by atoms with E-state index in [1.165, 1.54) is 37.7 Å². The van der Waals surface area contributed by atoms with Crippen molar-refractivity contribution in [3.05, 3.63) is 35.4 Å². The zero-order valence-corrected chi connectivity index (χ0v) is 10.2. The van der Waals surface area contributed by atoms with Gasteiger partial charge in [-0.3, -0.25) is 0 Å². The second kappa shape index (κ2) is 5.49. The van der Waals surface area contributed by atoms with E-state index in [0.29, 0.717) is 0 Å². The van der Waals surface area contributed by atoms with Crippen LogP contribution in [0, 0.1) is 12.8 Å². The van der Waals surface area contributed by atoms with Crippen molar-refractivity contribution in [2.75, 3.05) is 0 Å². The summed E-state index contributed by atoms with van der Waals surface area (Å²) in [6.45, 7) is 2.08. The van der Waals surface area contributed by atoms with Crippen molar-refractivity contribution >= 4 is 0 Å². The van der Waals surface area contributed by atoms with E-state index in [2.05, 4.69) is 19.1 Å². The monoisotopic (exact) mass is 218 g/mol. The number of rotatable bonds is 4. The Bertz CT molecular complexity index is 326. The third kappa shape index (κ3) is 3.08. The Morgan fingerprint density at radius 2 is 2.06 bits per heavy atom. The summed E-state index contributed by atoms with van der Waals surface area (Å²) in [6, 6.07) is 8.24. The fourth-order valence-electron chi connectivity index (χ4n) is 2.74. The second-order valence-corrected chi connectivity index (χ2v) is 5.16. The van der Waals surface area contributed by atoms with Gasteiger partial charge in [0.1, 0.15) is 0 Å². The Kier molecular flexibility index (Phi) is 4.00. The molecule has 0 radical (unpaired) electrons. The fourth-order valence-corrected chi connectivity index (χ4v) is 2.74. The van der Waals surface area contributed by atoms with Gasteiger partial charge < -0.3 is 5.11 Å². The molecule has 88 valence electrons. The zero-order valence-electron chi connectivity index (χ0n) is 10.2. The molecule has 0 bridgehead atoms. The summed E-state index contributed by atoms with van der Waals surface area (Å²) in [5, 5.41) is 10.1. The summed E-state index contributed by atoms with van der Waals surface area (Å²) in [5.74, 6) is 0.874. The van der Waals surface area contributed by atoms with E-state index < -0.39 is 0 Å². The molecule has 1 aliphatic rings. The van der Waals surface area contributed by atoms with Crippen LogP contribution in [0.5, 0.6) is 0 Å². The quantitative estimate of drug-likeness (QED) is 0.810. The lowest BCUT2D eigenvalue weighted by Crippen LogP contribution is -2.01. The number of aryl methyl sites for hydroxylation is 1. The maximum absolute atomic E-state index is 10.1. The van der Waals surface area contributed by atoms with Crippen molar-refractivity contribution in [1.29, 1.82) is 0 Å². The second-order valence-electron chi connectivity index (χ2n) is 5.16. The van der Waals surface area contributed by atoms with Gasteiger partial charge in [0.25, 0.3) is 0 Å². The lowest BCUT2D eigenvalue weighted by molar-refractivity contribution is 0.157. The van der Waals surface area contributed by atoms with Crippen LogP contribution in [0.3, 0.4) is 0 Å². The molecule has 1 unspecified atom stereocenters. The summed E-state index contributed by atoms with van der Waals surface area (Å²) in [5.41, 5.74) is 2.32. The molecule has 0 saturated heterocycles. The molecule has 1 N–H and O–H groups in total. The lowest BCUT2D eigenvalue weighted by atomic mass is 9.96. The minimum absolute atomic E-state index is 0.263. The first-order valence-electron chi connectivity index (χ1n) is 6.50. The first kappa shape index (κ1) is 11.7. The highest BCUT2D eigenvalue weighted by Gasteiger charge is 2.17. The minimum Gasteiger partial charge on any atom is -0.388 e. The molecule has 1 nitrogen and oxygen atoms in total. The highest BCUT2D eigenvalue weighted by atomic mass is 16.3. The predicted molar refractivity (Wildman–Crippen MR) is 67.3 cm³/mol. The molecule has 1 atom stereocenters. The maximum atomic E-state index is 10.1. The van der Waals surface area contributed by atoms with E-state index in [0.717, 1.165) is 17.9 Å². The third-order valence-corrected chi connectivity index (χ3v) is 3.75. The molecule has 1 heteroatoms. The van der Waals surface area contributed by atoms with Gasteiger partial charge in [-0.05, 0) is 31.2 Å². The number of hydrogen-bond donors (Lipinski definition) is 1. The normalized spacial score (nSPS) is 18.9. The molecule has 16 heavy (non-hydrogen) atoms. The smallest absolute Gasteiger partial charge is 0.0790 e. The van der Waals surface area contributed by atoms with Crippen LogP contribution in [0.1, 0.15) is 55.8 Å². The van der Waals surface area contributed by atoms with Crippen LogP contribution < -0.4 is 0 Å². The molecule has 2 rings (SSSR count). The minimum atomic E-state index is -0.263. The molecule has 1 aromatic rings. The number of benzene rings is 1. The molecule has 0 amide bonds. The van der Waals surface area contributed by atoms with Crippen LogP contribution >= 0.6 is 0 Å². The first-order chi connectivity index (χ1) is 7.75. The van der Waals surface area contributed by atoms with Crippen LogP contribution in [-0.4, -0.2) is 5.11 Å². The molecule has 0 spiro atoms. The van der Waals surface area contributed by atoms with E-state index in [4.69, 9.17) is 0 Å². The molecule has 0 heterocycles. The van der Waals surface area contributed by atoms with Crippen LogP contribution in [0.4, 0.5) is 0 Å². The Balaban J connectivity index is 1.85. The third-order valence-electron chi connectivity index (χ3n) is 3.75. The Morgan fingerprint density at radius 3 is 2.75 bits per heavy atom. The van der Waals surface area contributed by atoms with Gasteiger partial charge in [0.15, 0.2) is 0 Å². The first-order valence-corrected chi connectivity index (χ1v) is 6.50. The lowest BCUT2D eigenvalue weighted by Gasteiger charge is -2.14. The molecule has 1 fully saturated rings. The standard InChI is InChI=1S/C15H22O/c1-12-5-4-8-14(11-12)15(16)10-9-13-6-2-3-7-13/h4-5,8,11,13,15-16H,2-3,6-7,9-10H2,1H3. The van der Waals surface area contributed by atoms with E-state index in [1.807, 2.05) is 12.1 Å². The Labute approximate surface area is 98.5 Å². The summed E-state index contributed by atoms with van der Waals surface area (Å²) >= 11 is 0. The summed E-state index contributed by atoms with van der Waals surface area (Å²) in [7, 11) is 0. The SMILES string of the molecule is Cc1cccc(C(O)CCC2CCCC2)c1. The van der Waals surface area contributed by atoms with E-state index in [-0.39, 0.29) is 6.10 Å². The molecule has 0 aliphatic heterocycles. The molecule has 1 aromatic carbocycles. The molecular weight excluding hydrogens is 196 g/mol. The van der Waals surface area contributed by atoms with Crippen LogP contribution in [0.2, 0.25) is 0 Å². The number of aliphatic hydroxyl groups excluding tert-OH is 1. The van der Waals surface area contributed by atoms with Crippen molar-refractivity contribution in [2.24, 2.45) is 5.92 Å². The summed E-state index contributed by atoms with van der Waals surface area (Å²) < 4.78 is 0. The Morgan fingerprint density at radius 1 is 1.31 bits per heavy atom. The van der Waals surface area contributed by atoms with Crippen molar-refractivity contribution in [1.82, 2.24) is 0 Å². The predicted octanol–water partition coefficient (Wildman–Crippen LogP) is 4.00. The van der Waals surface area contributed by atoms with Crippen molar-refractivity contribution < 1.29 is 5.11 Å². The van der Waals surface area contributed by atoms with E-state index in [9.17, 15) is 5.11 Å². The van der Waals surface area contributed by atoms with E-state index in [1.54, 1.807) is 0 Å². The zero-order chi connectivity index (χ0) is 11.4. The van der Waals surface area contributed by atoms with Crippen molar-refractivity contribution in [2.45, 2.75) is 51.6 Å². The maximum Gasteiger partial charge on any atom is 0.0790 e. The van der Waals surface area contributed by atoms with Crippen LogP contribution in [0.15, 0.2) is 24.3 Å². The van der Waals surface area contributed by atoms with Gasteiger partial charge in [-0.2, -0.15) is 0 Å². The molecule has 1 aliphatic carbocycles. The molecule has 1 saturated carbocycles. The topological polar surface area (TPSA) is 20.2 Å². The summed E-state index contributed by atoms with van der Waals surface area (Å²) in [6.07, 6.45) is 7.39. The number of aliphatic hydroxyl groups is 1. The average Bonchev–Trinajstić information content (AvgIpc) is 2.78. The average molecular weight is 218 g/mol.